The number of amidine groups is 1. The fourth-order valence-corrected chi connectivity index (χ4v) is 4.65. The highest BCUT2D eigenvalue weighted by Gasteiger charge is 2.46. The molecule has 1 amide bonds. The highest BCUT2D eigenvalue weighted by atomic mass is 32.2. The van der Waals surface area contributed by atoms with Gasteiger partial charge in [-0.05, 0) is 75.8 Å². The molecule has 0 radical (unpaired) electrons. The zero-order valence-corrected chi connectivity index (χ0v) is 18.9. The van der Waals surface area contributed by atoms with Crippen molar-refractivity contribution in [3.63, 3.8) is 0 Å². The van der Waals surface area contributed by atoms with Crippen molar-refractivity contribution in [2.45, 2.75) is 56.6 Å². The van der Waals surface area contributed by atoms with Gasteiger partial charge in [0.25, 0.3) is 5.91 Å². The van der Waals surface area contributed by atoms with E-state index in [1.54, 1.807) is 19.0 Å². The van der Waals surface area contributed by atoms with Crippen molar-refractivity contribution in [2.24, 2.45) is 15.5 Å². The number of nitrogens with zero attached hydrogens (tertiary/aromatic N) is 3. The lowest BCUT2D eigenvalue weighted by molar-refractivity contribution is -0.193. The summed E-state index contributed by atoms with van der Waals surface area (Å²) < 4.78 is 6.96. The molecule has 2 N–H and O–H groups in total. The zero-order chi connectivity index (χ0) is 22.7. The van der Waals surface area contributed by atoms with Gasteiger partial charge >= 0.3 is 12.3 Å². The Balaban J connectivity index is 0.00000116. The number of hydrogen-bond donors (Lipinski definition) is 1. The molecule has 0 unspecified atom stereocenters. The first-order chi connectivity index (χ1) is 13.5. The van der Waals surface area contributed by atoms with Crippen molar-refractivity contribution < 1.29 is 28.8 Å². The van der Waals surface area contributed by atoms with Crippen LogP contribution < -0.4 is 5.73 Å². The predicted octanol–water partition coefficient (Wildman–Crippen LogP) is 1.49. The highest BCUT2D eigenvalue weighted by Crippen LogP contribution is 2.53. The summed E-state index contributed by atoms with van der Waals surface area (Å²) in [5.41, 5.74) is 6.30. The van der Waals surface area contributed by atoms with Crippen molar-refractivity contribution >= 4 is 47.9 Å². The normalized spacial score (nSPS) is 19.0. The van der Waals surface area contributed by atoms with Crippen LogP contribution in [-0.4, -0.2) is 64.2 Å². The van der Waals surface area contributed by atoms with Crippen molar-refractivity contribution in [2.75, 3.05) is 20.7 Å². The molecule has 10 nitrogen and oxygen atoms in total. The van der Waals surface area contributed by atoms with Crippen LogP contribution in [0.5, 0.6) is 0 Å². The molecule has 164 valence electrons. The van der Waals surface area contributed by atoms with Gasteiger partial charge in [-0.25, -0.2) is 9.46 Å². The van der Waals surface area contributed by atoms with E-state index in [4.69, 9.17) is 29.7 Å². The Hall–Kier alpha value is -1.68. The Morgan fingerprint density at radius 3 is 2.28 bits per heavy atom. The fraction of sp³-hybridized carbons (Fsp3) is 0.765. The highest BCUT2D eigenvalue weighted by molar-refractivity contribution is 8.17. The number of hydroxylamine groups is 2. The van der Waals surface area contributed by atoms with E-state index in [1.807, 2.05) is 11.9 Å². The minimum absolute atomic E-state index is 0.0726. The van der Waals surface area contributed by atoms with Crippen molar-refractivity contribution in [1.82, 2.24) is 9.37 Å². The molecule has 1 saturated carbocycles. The van der Waals surface area contributed by atoms with E-state index in [9.17, 15) is 4.79 Å². The SMILES string of the molecule is CON(C)C(=O)[C@@H](N)CCC1(CN2SC(C)(C)SN=C2C)CC1.O=C=O.O=C=O. The zero-order valence-electron chi connectivity index (χ0n) is 17.3. The topological polar surface area (TPSA) is 139 Å². The lowest BCUT2D eigenvalue weighted by Crippen LogP contribution is -2.42. The molecule has 0 spiro atoms. The molecule has 2 rings (SSSR count). The smallest absolute Gasteiger partial charge is 0.320 e. The standard InChI is InChI=1S/C15H28N4O2S2.2CO2/c1-11-17-22-14(2,3)23-19(11)10-15(8-9-15)7-6-12(16)13(20)18(4)21-5;2*2-1-3/h12H,6-10,16H2,1-5H3;;/t12-;;/m0../s1. The number of hydrogen-bond acceptors (Lipinski definition) is 11. The van der Waals surface area contributed by atoms with E-state index in [0.717, 1.165) is 18.8 Å². The van der Waals surface area contributed by atoms with Gasteiger partial charge in [-0.15, -0.1) is 0 Å². The molecule has 0 saturated heterocycles. The van der Waals surface area contributed by atoms with Crippen LogP contribution in [0.3, 0.4) is 0 Å². The summed E-state index contributed by atoms with van der Waals surface area (Å²) in [6.45, 7) is 7.44. The number of likely N-dealkylation sites (N-methyl/N-ethyl adjacent to an activating group) is 1. The quantitative estimate of drug-likeness (QED) is 0.450. The van der Waals surface area contributed by atoms with Crippen molar-refractivity contribution in [3.8, 4) is 0 Å². The minimum atomic E-state index is -0.492. The summed E-state index contributed by atoms with van der Waals surface area (Å²) in [5.74, 6) is 0.913. The third kappa shape index (κ3) is 10.1. The van der Waals surface area contributed by atoms with Gasteiger partial charge in [-0.2, -0.15) is 19.2 Å². The van der Waals surface area contributed by atoms with Crippen LogP contribution in [0.4, 0.5) is 0 Å². The van der Waals surface area contributed by atoms with Crippen LogP contribution in [0.1, 0.15) is 46.5 Å². The van der Waals surface area contributed by atoms with Gasteiger partial charge in [0.05, 0.1) is 17.2 Å². The summed E-state index contributed by atoms with van der Waals surface area (Å²) in [4.78, 5) is 49.4. The number of amides is 1. The summed E-state index contributed by atoms with van der Waals surface area (Å²) >= 11 is 3.48. The Morgan fingerprint density at radius 2 is 1.83 bits per heavy atom. The van der Waals surface area contributed by atoms with Gasteiger partial charge in [-0.1, -0.05) is 0 Å². The first-order valence-electron chi connectivity index (χ1n) is 8.76. The first-order valence-corrected chi connectivity index (χ1v) is 10.3. The molecule has 0 aromatic heterocycles. The Bertz CT molecular complexity index is 630. The van der Waals surface area contributed by atoms with Crippen LogP contribution in [0.2, 0.25) is 0 Å². The van der Waals surface area contributed by atoms with Gasteiger partial charge in [0.1, 0.15) is 5.84 Å². The molecule has 0 aromatic carbocycles. The maximum atomic E-state index is 12.0. The van der Waals surface area contributed by atoms with E-state index in [-0.39, 0.29) is 27.7 Å². The summed E-state index contributed by atoms with van der Waals surface area (Å²) in [7, 11) is 3.07. The maximum Gasteiger partial charge on any atom is 0.373 e. The Kier molecular flexibility index (Phi) is 12.1. The number of carbonyl (C=O) groups excluding carboxylic acids is 5. The molecule has 0 bridgehead atoms. The first kappa shape index (κ1) is 27.3. The van der Waals surface area contributed by atoms with Crippen LogP contribution >= 0.6 is 23.9 Å². The van der Waals surface area contributed by atoms with E-state index in [2.05, 4.69) is 29.5 Å². The van der Waals surface area contributed by atoms with Gasteiger partial charge in [0.2, 0.25) is 0 Å². The molecule has 1 fully saturated rings. The molecule has 0 aromatic rings. The molecule has 1 atom stereocenters. The van der Waals surface area contributed by atoms with Crippen molar-refractivity contribution in [3.05, 3.63) is 0 Å². The second kappa shape index (κ2) is 12.8. The molecule has 29 heavy (non-hydrogen) atoms. The predicted molar refractivity (Wildman–Crippen MR) is 108 cm³/mol. The molecule has 1 heterocycles. The van der Waals surface area contributed by atoms with Crippen molar-refractivity contribution in [1.29, 1.82) is 0 Å². The average Bonchev–Trinajstić information content (AvgIpc) is 3.42. The summed E-state index contributed by atoms with van der Waals surface area (Å²) in [6.07, 6.45) is 4.56. The maximum absolute atomic E-state index is 12.0. The van der Waals surface area contributed by atoms with Crippen LogP contribution in [0, 0.1) is 5.41 Å². The van der Waals surface area contributed by atoms with Gasteiger partial charge in [-0.3, -0.25) is 9.63 Å². The van der Waals surface area contributed by atoms with Crippen LogP contribution in [0.15, 0.2) is 4.40 Å². The minimum Gasteiger partial charge on any atom is -0.320 e. The Labute approximate surface area is 179 Å². The monoisotopic (exact) mass is 448 g/mol. The van der Waals surface area contributed by atoms with E-state index < -0.39 is 6.04 Å². The second-order valence-corrected chi connectivity index (χ2v) is 10.4. The summed E-state index contributed by atoms with van der Waals surface area (Å²) in [6, 6.07) is -0.492. The number of nitrogens with two attached hydrogens (primary N) is 1. The van der Waals surface area contributed by atoms with Gasteiger partial charge in [0.15, 0.2) is 0 Å². The van der Waals surface area contributed by atoms with Crippen LogP contribution in [0.25, 0.3) is 0 Å². The van der Waals surface area contributed by atoms with E-state index >= 15 is 0 Å². The van der Waals surface area contributed by atoms with Crippen LogP contribution in [-0.2, 0) is 28.8 Å². The average molecular weight is 449 g/mol. The number of rotatable bonds is 7. The molecule has 12 heteroatoms. The third-order valence-electron chi connectivity index (χ3n) is 4.41. The second-order valence-electron chi connectivity index (χ2n) is 7.09. The molecule has 1 aliphatic carbocycles. The third-order valence-corrected chi connectivity index (χ3v) is 6.71. The lowest BCUT2D eigenvalue weighted by Gasteiger charge is -2.37. The molecular formula is C17H28N4O6S2. The largest absolute Gasteiger partial charge is 0.373 e. The molecular weight excluding hydrogens is 420 g/mol. The Morgan fingerprint density at radius 1 is 1.31 bits per heavy atom. The fourth-order valence-electron chi connectivity index (χ4n) is 2.59. The molecule has 1 aliphatic heterocycles. The van der Waals surface area contributed by atoms with Gasteiger partial charge < -0.3 is 10.0 Å². The van der Waals surface area contributed by atoms with E-state index in [0.29, 0.717) is 6.42 Å². The lowest BCUT2D eigenvalue weighted by atomic mass is 9.96. The van der Waals surface area contributed by atoms with Gasteiger partial charge in [0, 0.05) is 13.6 Å². The van der Waals surface area contributed by atoms with E-state index in [1.165, 1.54) is 25.0 Å². The number of carbonyl (C=O) groups is 1. The summed E-state index contributed by atoms with van der Waals surface area (Å²) in [5, 5.41) is 1.21. The molecule has 2 aliphatic rings.